The Morgan fingerprint density at radius 1 is 1.35 bits per heavy atom. The Kier molecular flexibility index (Phi) is 4.04. The molecule has 1 N–H and O–H groups in total. The largest absolute Gasteiger partial charge is 0.465 e. The molecular weight excluding hydrogens is 294 g/mol. The summed E-state index contributed by atoms with van der Waals surface area (Å²) < 4.78 is 7.27. The Bertz CT molecular complexity index is 874. The fourth-order valence-electron chi connectivity index (χ4n) is 2.54. The van der Waals surface area contributed by atoms with Gasteiger partial charge in [0.2, 0.25) is 0 Å². The number of rotatable bonds is 5. The van der Waals surface area contributed by atoms with Crippen LogP contribution in [0.5, 0.6) is 0 Å². The van der Waals surface area contributed by atoms with E-state index in [4.69, 9.17) is 4.42 Å². The third-order valence-corrected chi connectivity index (χ3v) is 3.89. The van der Waals surface area contributed by atoms with Crippen molar-refractivity contribution in [3.63, 3.8) is 0 Å². The van der Waals surface area contributed by atoms with Crippen molar-refractivity contribution in [2.45, 2.75) is 39.9 Å². The molecule has 3 aromatic heterocycles. The molecule has 0 aromatic carbocycles. The van der Waals surface area contributed by atoms with Gasteiger partial charge in [0.25, 0.3) is 5.56 Å². The molecular formula is C16H21N5O2. The first-order chi connectivity index (χ1) is 10.9. The SMILES string of the molecule is Cc1ccc(CN(Cc2nc3c(cnn3C)c(=O)[nH]2)C(C)C)o1. The lowest BCUT2D eigenvalue weighted by molar-refractivity contribution is 0.182. The van der Waals surface area contributed by atoms with Gasteiger partial charge < -0.3 is 9.40 Å². The number of nitrogens with one attached hydrogen (secondary N) is 1. The van der Waals surface area contributed by atoms with Gasteiger partial charge >= 0.3 is 0 Å². The maximum absolute atomic E-state index is 12.1. The fraction of sp³-hybridized carbons (Fsp3) is 0.438. The molecule has 23 heavy (non-hydrogen) atoms. The lowest BCUT2D eigenvalue weighted by atomic mass is 10.3. The molecule has 7 heteroatoms. The van der Waals surface area contributed by atoms with E-state index in [0.717, 1.165) is 11.5 Å². The zero-order valence-electron chi connectivity index (χ0n) is 13.8. The molecule has 0 radical (unpaired) electrons. The second-order valence-electron chi connectivity index (χ2n) is 6.03. The summed E-state index contributed by atoms with van der Waals surface area (Å²) in [5, 5.41) is 4.60. The molecule has 0 bridgehead atoms. The third-order valence-electron chi connectivity index (χ3n) is 3.89. The summed E-state index contributed by atoms with van der Waals surface area (Å²) in [4.78, 5) is 21.7. The van der Waals surface area contributed by atoms with Crippen LogP contribution < -0.4 is 5.56 Å². The summed E-state index contributed by atoms with van der Waals surface area (Å²) >= 11 is 0. The molecule has 0 saturated heterocycles. The molecule has 0 saturated carbocycles. The van der Waals surface area contributed by atoms with Crippen molar-refractivity contribution in [1.82, 2.24) is 24.6 Å². The van der Waals surface area contributed by atoms with E-state index in [1.54, 1.807) is 11.7 Å². The summed E-state index contributed by atoms with van der Waals surface area (Å²) in [5.74, 6) is 2.43. The number of furan rings is 1. The number of aromatic amines is 1. The van der Waals surface area contributed by atoms with Gasteiger partial charge in [-0.1, -0.05) is 0 Å². The van der Waals surface area contributed by atoms with E-state index in [0.29, 0.717) is 29.9 Å². The predicted molar refractivity (Wildman–Crippen MR) is 87.0 cm³/mol. The quantitative estimate of drug-likeness (QED) is 0.778. The number of aryl methyl sites for hydroxylation is 2. The van der Waals surface area contributed by atoms with Gasteiger partial charge in [0.15, 0.2) is 5.65 Å². The van der Waals surface area contributed by atoms with E-state index < -0.39 is 0 Å². The van der Waals surface area contributed by atoms with Gasteiger partial charge in [-0.3, -0.25) is 14.4 Å². The van der Waals surface area contributed by atoms with Crippen LogP contribution in [0.25, 0.3) is 11.0 Å². The number of fused-ring (bicyclic) bond motifs is 1. The fourth-order valence-corrected chi connectivity index (χ4v) is 2.54. The number of nitrogens with zero attached hydrogens (tertiary/aromatic N) is 4. The Labute approximate surface area is 133 Å². The van der Waals surface area contributed by atoms with E-state index in [1.807, 2.05) is 19.1 Å². The normalized spacial score (nSPS) is 11.9. The van der Waals surface area contributed by atoms with Gasteiger partial charge in [0.1, 0.15) is 22.7 Å². The van der Waals surface area contributed by atoms with Crippen LogP contribution in [0.4, 0.5) is 0 Å². The van der Waals surface area contributed by atoms with Crippen molar-refractivity contribution in [1.29, 1.82) is 0 Å². The average molecular weight is 315 g/mol. The van der Waals surface area contributed by atoms with E-state index in [1.165, 1.54) is 6.20 Å². The van der Waals surface area contributed by atoms with Crippen molar-refractivity contribution in [2.24, 2.45) is 7.05 Å². The van der Waals surface area contributed by atoms with Crippen molar-refractivity contribution in [2.75, 3.05) is 0 Å². The molecule has 0 atom stereocenters. The first-order valence-corrected chi connectivity index (χ1v) is 7.64. The number of hydrogen-bond donors (Lipinski definition) is 1. The Morgan fingerprint density at radius 2 is 2.13 bits per heavy atom. The summed E-state index contributed by atoms with van der Waals surface area (Å²) in [5.41, 5.74) is 0.442. The smallest absolute Gasteiger partial charge is 0.262 e. The van der Waals surface area contributed by atoms with Gasteiger partial charge in [0.05, 0.1) is 19.3 Å². The Hall–Kier alpha value is -2.41. The van der Waals surface area contributed by atoms with E-state index in [-0.39, 0.29) is 11.6 Å². The first kappa shape index (κ1) is 15.5. The molecule has 0 spiro atoms. The second kappa shape index (κ2) is 6.00. The first-order valence-electron chi connectivity index (χ1n) is 7.64. The zero-order chi connectivity index (χ0) is 16.6. The topological polar surface area (TPSA) is 80.0 Å². The van der Waals surface area contributed by atoms with Crippen LogP contribution in [0.15, 0.2) is 27.5 Å². The second-order valence-corrected chi connectivity index (χ2v) is 6.03. The molecule has 122 valence electrons. The standard InChI is InChI=1S/C16H21N5O2/c1-10(2)21(8-12-6-5-11(3)23-12)9-14-18-15-13(16(22)19-14)7-17-20(15)4/h5-7,10H,8-9H2,1-4H3,(H,18,19,22). The minimum Gasteiger partial charge on any atom is -0.465 e. The summed E-state index contributed by atoms with van der Waals surface area (Å²) in [6, 6.07) is 4.22. The Morgan fingerprint density at radius 3 is 2.78 bits per heavy atom. The maximum atomic E-state index is 12.1. The van der Waals surface area contributed by atoms with E-state index in [2.05, 4.69) is 33.8 Å². The molecule has 0 aliphatic heterocycles. The molecule has 0 amide bonds. The molecule has 3 rings (SSSR count). The molecule has 7 nitrogen and oxygen atoms in total. The van der Waals surface area contributed by atoms with Crippen LogP contribution in [0.1, 0.15) is 31.2 Å². The van der Waals surface area contributed by atoms with Gasteiger partial charge in [-0.2, -0.15) is 5.10 Å². The number of aromatic nitrogens is 4. The maximum Gasteiger partial charge on any atom is 0.262 e. The van der Waals surface area contributed by atoms with E-state index >= 15 is 0 Å². The third kappa shape index (κ3) is 3.19. The van der Waals surface area contributed by atoms with Gasteiger partial charge in [-0.05, 0) is 32.9 Å². The lowest BCUT2D eigenvalue weighted by Crippen LogP contribution is -2.31. The minimum absolute atomic E-state index is 0.157. The monoisotopic (exact) mass is 315 g/mol. The van der Waals surface area contributed by atoms with Crippen LogP contribution >= 0.6 is 0 Å². The average Bonchev–Trinajstić information content (AvgIpc) is 3.05. The highest BCUT2D eigenvalue weighted by atomic mass is 16.3. The zero-order valence-corrected chi connectivity index (χ0v) is 13.8. The number of H-pyrrole nitrogens is 1. The summed E-state index contributed by atoms with van der Waals surface area (Å²) in [6.07, 6.45) is 1.54. The molecule has 0 aliphatic rings. The van der Waals surface area contributed by atoms with Crippen LogP contribution in [0.2, 0.25) is 0 Å². The summed E-state index contributed by atoms with van der Waals surface area (Å²) in [6.45, 7) is 7.35. The molecule has 0 aliphatic carbocycles. The van der Waals surface area contributed by atoms with Crippen molar-refractivity contribution in [3.05, 3.63) is 46.0 Å². The van der Waals surface area contributed by atoms with Crippen molar-refractivity contribution >= 4 is 11.0 Å². The minimum atomic E-state index is -0.157. The van der Waals surface area contributed by atoms with Crippen LogP contribution in [0.3, 0.4) is 0 Å². The van der Waals surface area contributed by atoms with Crippen molar-refractivity contribution in [3.8, 4) is 0 Å². The highest BCUT2D eigenvalue weighted by molar-refractivity contribution is 5.72. The van der Waals surface area contributed by atoms with E-state index in [9.17, 15) is 4.79 Å². The highest BCUT2D eigenvalue weighted by Gasteiger charge is 2.16. The Balaban J connectivity index is 1.88. The van der Waals surface area contributed by atoms with Crippen LogP contribution in [-0.2, 0) is 20.1 Å². The van der Waals surface area contributed by atoms with Crippen molar-refractivity contribution < 1.29 is 4.42 Å². The molecule has 3 aromatic rings. The highest BCUT2D eigenvalue weighted by Crippen LogP contribution is 2.14. The summed E-state index contributed by atoms with van der Waals surface area (Å²) in [7, 11) is 1.78. The predicted octanol–water partition coefficient (Wildman–Crippen LogP) is 1.97. The number of hydrogen-bond acceptors (Lipinski definition) is 5. The van der Waals surface area contributed by atoms with Crippen LogP contribution in [-0.4, -0.2) is 30.7 Å². The molecule has 0 unspecified atom stereocenters. The molecule has 3 heterocycles. The molecule has 0 fully saturated rings. The van der Waals surface area contributed by atoms with Gasteiger partial charge in [-0.15, -0.1) is 0 Å². The lowest BCUT2D eigenvalue weighted by Gasteiger charge is -2.24. The van der Waals surface area contributed by atoms with Gasteiger partial charge in [0, 0.05) is 13.1 Å². The van der Waals surface area contributed by atoms with Gasteiger partial charge in [-0.25, -0.2) is 4.98 Å². The van der Waals surface area contributed by atoms with Crippen LogP contribution in [0, 0.1) is 6.92 Å².